The molecule has 6 nitrogen and oxygen atoms in total. The van der Waals surface area contributed by atoms with Gasteiger partial charge in [0.1, 0.15) is 16.9 Å². The fraction of sp³-hybridized carbons (Fsp3) is 0.577. The number of halogens is 1. The minimum absolute atomic E-state index is 0.00628. The zero-order chi connectivity index (χ0) is 23.4. The second kappa shape index (κ2) is 8.42. The topological polar surface area (TPSA) is 53.1 Å². The minimum Gasteiger partial charge on any atom is -0.497 e. The zero-order valence-corrected chi connectivity index (χ0v) is 20.8. The van der Waals surface area contributed by atoms with Gasteiger partial charge >= 0.3 is 0 Å². The van der Waals surface area contributed by atoms with Gasteiger partial charge in [0, 0.05) is 29.1 Å². The molecule has 5 rings (SSSR count). The van der Waals surface area contributed by atoms with E-state index in [4.69, 9.17) is 30.5 Å². The third kappa shape index (κ3) is 4.12. The quantitative estimate of drug-likeness (QED) is 0.624. The highest BCUT2D eigenvalue weighted by atomic mass is 35.5. The highest BCUT2D eigenvalue weighted by Crippen LogP contribution is 2.49. The Kier molecular flexibility index (Phi) is 5.84. The van der Waals surface area contributed by atoms with Crippen LogP contribution in [0.5, 0.6) is 11.6 Å². The van der Waals surface area contributed by atoms with Crippen molar-refractivity contribution in [3.63, 3.8) is 0 Å². The Balaban J connectivity index is 1.37. The van der Waals surface area contributed by atoms with Crippen LogP contribution in [0, 0.1) is 5.92 Å². The number of hydrogen-bond donors (Lipinski definition) is 0. The maximum atomic E-state index is 6.59. The first-order valence-corrected chi connectivity index (χ1v) is 12.1. The van der Waals surface area contributed by atoms with E-state index in [1.807, 2.05) is 19.9 Å². The maximum absolute atomic E-state index is 6.59. The standard InChI is InChI=1S/C26H33ClN2O4/c1-25(2)32-15-23(33-25)17-10-21(27)24(28-13-17)31-14-20-22-11-16-6-7-18(30-5)12-19(16)26(20,3)8-9-29(22)4/h6-7,10,12-13,20,22-23H,8-9,11,14-15H2,1-5H3/t20-,22?,23-,26+/m0/s1. The summed E-state index contributed by atoms with van der Waals surface area (Å²) in [4.78, 5) is 7.01. The van der Waals surface area contributed by atoms with Crippen molar-refractivity contribution >= 4 is 11.6 Å². The molecule has 1 unspecified atom stereocenters. The van der Waals surface area contributed by atoms with E-state index in [0.717, 1.165) is 30.7 Å². The van der Waals surface area contributed by atoms with Crippen molar-refractivity contribution in [3.05, 3.63) is 52.2 Å². The van der Waals surface area contributed by atoms with E-state index >= 15 is 0 Å². The number of ether oxygens (including phenoxy) is 4. The summed E-state index contributed by atoms with van der Waals surface area (Å²) in [6, 6.07) is 8.81. The number of likely N-dealkylation sites (N-methyl/N-ethyl adjacent to an activating group) is 1. The molecule has 1 aromatic carbocycles. The molecular weight excluding hydrogens is 440 g/mol. The highest BCUT2D eigenvalue weighted by Gasteiger charge is 2.50. The normalized spacial score (nSPS) is 30.7. The van der Waals surface area contributed by atoms with Gasteiger partial charge in [0.25, 0.3) is 0 Å². The average molecular weight is 473 g/mol. The summed E-state index contributed by atoms with van der Waals surface area (Å²) >= 11 is 6.59. The van der Waals surface area contributed by atoms with Crippen LogP contribution < -0.4 is 9.47 Å². The van der Waals surface area contributed by atoms with Gasteiger partial charge in [0.05, 0.1) is 20.3 Å². The number of piperidine rings is 1. The fourth-order valence-electron chi connectivity index (χ4n) is 5.78. The molecule has 7 heteroatoms. The largest absolute Gasteiger partial charge is 0.497 e. The van der Waals surface area contributed by atoms with E-state index in [2.05, 4.69) is 42.1 Å². The van der Waals surface area contributed by atoms with Crippen molar-refractivity contribution < 1.29 is 18.9 Å². The molecule has 3 aliphatic rings. The van der Waals surface area contributed by atoms with Crippen LogP contribution in [0.2, 0.25) is 5.02 Å². The Morgan fingerprint density at radius 3 is 2.76 bits per heavy atom. The lowest BCUT2D eigenvalue weighted by molar-refractivity contribution is -0.139. The van der Waals surface area contributed by atoms with Crippen LogP contribution in [0.25, 0.3) is 0 Å². The molecular formula is C26H33ClN2O4. The van der Waals surface area contributed by atoms with Crippen LogP contribution in [-0.4, -0.2) is 55.6 Å². The van der Waals surface area contributed by atoms with Gasteiger partial charge in [-0.15, -0.1) is 0 Å². The molecule has 2 saturated heterocycles. The van der Waals surface area contributed by atoms with E-state index in [1.165, 1.54) is 11.1 Å². The zero-order valence-electron chi connectivity index (χ0n) is 20.1. The number of nitrogens with zero attached hydrogens (tertiary/aromatic N) is 2. The molecule has 0 spiro atoms. The van der Waals surface area contributed by atoms with Gasteiger partial charge in [-0.3, -0.25) is 0 Å². The van der Waals surface area contributed by atoms with Crippen LogP contribution in [0.3, 0.4) is 0 Å². The lowest BCUT2D eigenvalue weighted by atomic mass is 9.58. The molecule has 0 radical (unpaired) electrons. The molecule has 1 aromatic heterocycles. The van der Waals surface area contributed by atoms with E-state index < -0.39 is 5.79 Å². The molecule has 4 atom stereocenters. The summed E-state index contributed by atoms with van der Waals surface area (Å²) in [5.41, 5.74) is 3.70. The molecule has 0 saturated carbocycles. The SMILES string of the molecule is COc1ccc2c(c1)[C@@]1(C)CCN(C)C(C2)[C@@H]1COc1ncc([C@@H]2COC(C)(C)O2)cc1Cl. The first-order valence-electron chi connectivity index (χ1n) is 11.7. The van der Waals surface area contributed by atoms with E-state index in [0.29, 0.717) is 36.1 Å². The van der Waals surface area contributed by atoms with Crippen molar-refractivity contribution in [2.45, 2.75) is 57.0 Å². The van der Waals surface area contributed by atoms with Gasteiger partial charge in [-0.25, -0.2) is 4.98 Å². The Labute approximate surface area is 201 Å². The lowest BCUT2D eigenvalue weighted by Gasteiger charge is -2.54. The number of aromatic nitrogens is 1. The van der Waals surface area contributed by atoms with Crippen molar-refractivity contribution in [2.75, 3.05) is 33.9 Å². The molecule has 0 N–H and O–H groups in total. The van der Waals surface area contributed by atoms with E-state index in [1.54, 1.807) is 13.3 Å². The van der Waals surface area contributed by atoms with Crippen molar-refractivity contribution in [2.24, 2.45) is 5.92 Å². The lowest BCUT2D eigenvalue weighted by Crippen LogP contribution is -2.59. The van der Waals surface area contributed by atoms with Crippen molar-refractivity contribution in [3.8, 4) is 11.6 Å². The number of benzene rings is 1. The van der Waals surface area contributed by atoms with Gasteiger partial charge in [-0.2, -0.15) is 0 Å². The Morgan fingerprint density at radius 2 is 2.06 bits per heavy atom. The van der Waals surface area contributed by atoms with Crippen molar-refractivity contribution in [1.29, 1.82) is 0 Å². The maximum Gasteiger partial charge on any atom is 0.232 e. The summed E-state index contributed by atoms with van der Waals surface area (Å²) in [7, 11) is 3.95. The summed E-state index contributed by atoms with van der Waals surface area (Å²) < 4.78 is 23.4. The third-order valence-electron chi connectivity index (χ3n) is 7.80. The average Bonchev–Trinajstić information content (AvgIpc) is 3.16. The van der Waals surface area contributed by atoms with Crippen molar-refractivity contribution in [1.82, 2.24) is 9.88 Å². The summed E-state index contributed by atoms with van der Waals surface area (Å²) in [6.45, 7) is 8.31. The Hall–Kier alpha value is -1.86. The fourth-order valence-corrected chi connectivity index (χ4v) is 6.01. The van der Waals surface area contributed by atoms with Gasteiger partial charge in [-0.1, -0.05) is 24.6 Å². The second-order valence-corrected chi connectivity index (χ2v) is 10.6. The molecule has 1 aliphatic carbocycles. The summed E-state index contributed by atoms with van der Waals surface area (Å²) in [5, 5.41) is 0.502. The monoisotopic (exact) mass is 472 g/mol. The molecule has 2 fully saturated rings. The highest BCUT2D eigenvalue weighted by molar-refractivity contribution is 6.31. The smallest absolute Gasteiger partial charge is 0.232 e. The predicted molar refractivity (Wildman–Crippen MR) is 127 cm³/mol. The van der Waals surface area contributed by atoms with Crippen LogP contribution in [0.15, 0.2) is 30.5 Å². The third-order valence-corrected chi connectivity index (χ3v) is 8.07. The first-order chi connectivity index (χ1) is 15.7. The van der Waals surface area contributed by atoms with E-state index in [-0.39, 0.29) is 11.5 Å². The second-order valence-electron chi connectivity index (χ2n) is 10.2. The van der Waals surface area contributed by atoms with Gasteiger partial charge in [0.2, 0.25) is 5.88 Å². The first kappa shape index (κ1) is 22.9. The number of likely N-dealkylation sites (tertiary alicyclic amines) is 1. The summed E-state index contributed by atoms with van der Waals surface area (Å²) in [6.07, 6.45) is 3.69. The molecule has 2 aliphatic heterocycles. The Bertz CT molecular complexity index is 1040. The predicted octanol–water partition coefficient (Wildman–Crippen LogP) is 4.78. The number of rotatable bonds is 5. The number of pyridine rings is 1. The molecule has 178 valence electrons. The molecule has 33 heavy (non-hydrogen) atoms. The van der Waals surface area contributed by atoms with Gasteiger partial charge in [-0.05, 0) is 69.6 Å². The summed E-state index contributed by atoms with van der Waals surface area (Å²) in [5.74, 6) is 1.11. The Morgan fingerprint density at radius 1 is 1.24 bits per heavy atom. The molecule has 0 amide bonds. The number of methoxy groups -OCH3 is 1. The minimum atomic E-state index is -0.592. The van der Waals surface area contributed by atoms with Crippen LogP contribution in [-0.2, 0) is 21.3 Å². The molecule has 2 bridgehead atoms. The number of fused-ring (bicyclic) bond motifs is 4. The molecule has 3 heterocycles. The van der Waals surface area contributed by atoms with Gasteiger partial charge < -0.3 is 23.8 Å². The number of hydrogen-bond acceptors (Lipinski definition) is 6. The van der Waals surface area contributed by atoms with E-state index in [9.17, 15) is 0 Å². The van der Waals surface area contributed by atoms with Gasteiger partial charge in [0.15, 0.2) is 5.79 Å². The van der Waals surface area contributed by atoms with Crippen LogP contribution in [0.4, 0.5) is 0 Å². The van der Waals surface area contributed by atoms with Crippen LogP contribution >= 0.6 is 11.6 Å². The molecule has 2 aromatic rings. The van der Waals surface area contributed by atoms with Crippen LogP contribution in [0.1, 0.15) is 50.0 Å².